The smallest absolute Gasteiger partial charge is 0.225 e. The number of carbonyl (C=O) groups is 1. The van der Waals surface area contributed by atoms with E-state index in [1.54, 1.807) is 24.3 Å². The molecule has 5 nitrogen and oxygen atoms in total. The Labute approximate surface area is 124 Å². The van der Waals surface area contributed by atoms with Crippen molar-refractivity contribution < 1.29 is 13.2 Å². The van der Waals surface area contributed by atoms with Crippen molar-refractivity contribution in [2.24, 2.45) is 0 Å². The van der Waals surface area contributed by atoms with Crippen molar-refractivity contribution in [3.05, 3.63) is 29.3 Å². The van der Waals surface area contributed by atoms with Crippen molar-refractivity contribution in [2.45, 2.75) is 25.3 Å². The maximum Gasteiger partial charge on any atom is 0.225 e. The summed E-state index contributed by atoms with van der Waals surface area (Å²) >= 11 is 5.76. The Morgan fingerprint density at radius 2 is 1.95 bits per heavy atom. The van der Waals surface area contributed by atoms with E-state index in [2.05, 4.69) is 5.32 Å². The Balaban J connectivity index is 1.86. The van der Waals surface area contributed by atoms with Gasteiger partial charge in [-0.05, 0) is 37.1 Å². The zero-order valence-corrected chi connectivity index (χ0v) is 12.7. The minimum Gasteiger partial charge on any atom is -0.326 e. The number of anilines is 1. The van der Waals surface area contributed by atoms with E-state index in [0.29, 0.717) is 10.7 Å². The molecule has 1 amide bonds. The summed E-state index contributed by atoms with van der Waals surface area (Å²) in [4.78, 5) is 11.8. The van der Waals surface area contributed by atoms with Gasteiger partial charge in [-0.3, -0.25) is 4.79 Å². The number of carbonyl (C=O) groups excluding carboxylic acids is 1. The number of sulfonamides is 1. The predicted octanol–water partition coefficient (Wildman–Crippen LogP) is 2.09. The summed E-state index contributed by atoms with van der Waals surface area (Å²) < 4.78 is 24.6. The van der Waals surface area contributed by atoms with Gasteiger partial charge in [0.15, 0.2) is 0 Å². The second-order valence-corrected chi connectivity index (χ2v) is 7.28. The number of amides is 1. The zero-order valence-electron chi connectivity index (χ0n) is 11.2. The van der Waals surface area contributed by atoms with E-state index < -0.39 is 10.0 Å². The maximum absolute atomic E-state index is 11.8. The van der Waals surface area contributed by atoms with E-state index >= 15 is 0 Å². The standard InChI is InChI=1S/C13H17ClN2O3S/c1-20(18,19)16(12-6-7-12)9-8-13(17)15-11-4-2-10(14)3-5-11/h2-5,12H,6-9H2,1H3,(H,15,17). The van der Waals surface area contributed by atoms with E-state index in [1.165, 1.54) is 10.6 Å². The van der Waals surface area contributed by atoms with Gasteiger partial charge in [-0.2, -0.15) is 4.31 Å². The molecule has 0 radical (unpaired) electrons. The van der Waals surface area contributed by atoms with Crippen LogP contribution in [0.2, 0.25) is 5.02 Å². The van der Waals surface area contributed by atoms with Gasteiger partial charge in [0.1, 0.15) is 0 Å². The minimum absolute atomic E-state index is 0.0772. The topological polar surface area (TPSA) is 66.5 Å². The summed E-state index contributed by atoms with van der Waals surface area (Å²) in [5, 5.41) is 3.31. The number of halogens is 1. The maximum atomic E-state index is 11.8. The Bertz CT molecular complexity index is 582. The van der Waals surface area contributed by atoms with Gasteiger partial charge in [-0.15, -0.1) is 0 Å². The van der Waals surface area contributed by atoms with Crippen LogP contribution in [0.5, 0.6) is 0 Å². The Kier molecular flexibility index (Phi) is 4.67. The fourth-order valence-electron chi connectivity index (χ4n) is 1.95. The molecule has 1 aromatic rings. The van der Waals surface area contributed by atoms with Crippen LogP contribution in [0.1, 0.15) is 19.3 Å². The van der Waals surface area contributed by atoms with Crippen molar-refractivity contribution in [3.63, 3.8) is 0 Å². The third-order valence-corrected chi connectivity index (χ3v) is 4.65. The highest BCUT2D eigenvalue weighted by atomic mass is 35.5. The van der Waals surface area contributed by atoms with Crippen LogP contribution in [0.4, 0.5) is 5.69 Å². The quantitative estimate of drug-likeness (QED) is 0.874. The first-order chi connectivity index (χ1) is 9.36. The van der Waals surface area contributed by atoms with Crippen LogP contribution in [-0.4, -0.2) is 37.5 Å². The highest BCUT2D eigenvalue weighted by Crippen LogP contribution is 2.28. The molecule has 1 N–H and O–H groups in total. The van der Waals surface area contributed by atoms with Gasteiger partial charge < -0.3 is 5.32 Å². The molecular weight excluding hydrogens is 300 g/mol. The molecule has 0 aliphatic heterocycles. The molecule has 2 rings (SSSR count). The highest BCUT2D eigenvalue weighted by Gasteiger charge is 2.34. The molecule has 1 fully saturated rings. The number of benzene rings is 1. The zero-order chi connectivity index (χ0) is 14.8. The molecule has 0 aromatic heterocycles. The van der Waals surface area contributed by atoms with Crippen LogP contribution in [0, 0.1) is 0 Å². The number of nitrogens with zero attached hydrogens (tertiary/aromatic N) is 1. The first-order valence-electron chi connectivity index (χ1n) is 6.38. The van der Waals surface area contributed by atoms with Crippen molar-refractivity contribution in [1.82, 2.24) is 4.31 Å². The van der Waals surface area contributed by atoms with E-state index in [1.807, 2.05) is 0 Å². The first kappa shape index (κ1) is 15.3. The average Bonchev–Trinajstić information content (AvgIpc) is 3.15. The molecule has 0 bridgehead atoms. The molecular formula is C13H17ClN2O3S. The van der Waals surface area contributed by atoms with Crippen LogP contribution in [0.3, 0.4) is 0 Å². The van der Waals surface area contributed by atoms with Gasteiger partial charge in [0.2, 0.25) is 15.9 Å². The monoisotopic (exact) mass is 316 g/mol. The lowest BCUT2D eigenvalue weighted by Crippen LogP contribution is -2.34. The third-order valence-electron chi connectivity index (χ3n) is 3.07. The van der Waals surface area contributed by atoms with Crippen molar-refractivity contribution >= 4 is 33.2 Å². The number of hydrogen-bond acceptors (Lipinski definition) is 3. The molecule has 7 heteroatoms. The average molecular weight is 317 g/mol. The fourth-order valence-corrected chi connectivity index (χ4v) is 3.25. The van der Waals surface area contributed by atoms with Crippen LogP contribution in [0.25, 0.3) is 0 Å². The van der Waals surface area contributed by atoms with E-state index in [9.17, 15) is 13.2 Å². The van der Waals surface area contributed by atoms with Crippen LogP contribution < -0.4 is 5.32 Å². The van der Waals surface area contributed by atoms with Gasteiger partial charge in [0, 0.05) is 29.7 Å². The molecule has 1 aliphatic carbocycles. The second-order valence-electron chi connectivity index (χ2n) is 4.91. The molecule has 0 unspecified atom stereocenters. The third kappa shape index (κ3) is 4.47. The Hall–Kier alpha value is -1.11. The van der Waals surface area contributed by atoms with E-state index in [0.717, 1.165) is 12.8 Å². The molecule has 1 aliphatic rings. The normalized spacial score (nSPS) is 15.3. The summed E-state index contributed by atoms with van der Waals surface area (Å²) in [6.45, 7) is 0.225. The summed E-state index contributed by atoms with van der Waals surface area (Å²) in [5.41, 5.74) is 0.650. The molecule has 0 atom stereocenters. The largest absolute Gasteiger partial charge is 0.326 e. The number of nitrogens with one attached hydrogen (secondary N) is 1. The summed E-state index contributed by atoms with van der Waals surface area (Å²) in [6.07, 6.45) is 3.09. The molecule has 0 heterocycles. The number of rotatable bonds is 6. The van der Waals surface area contributed by atoms with Crippen LogP contribution in [0.15, 0.2) is 24.3 Å². The first-order valence-corrected chi connectivity index (χ1v) is 8.61. The molecule has 1 aromatic carbocycles. The lowest BCUT2D eigenvalue weighted by molar-refractivity contribution is -0.116. The Morgan fingerprint density at radius 1 is 1.35 bits per heavy atom. The Morgan fingerprint density at radius 3 is 2.45 bits per heavy atom. The van der Waals surface area contributed by atoms with Gasteiger partial charge >= 0.3 is 0 Å². The predicted molar refractivity (Wildman–Crippen MR) is 79.3 cm³/mol. The summed E-state index contributed by atoms with van der Waals surface area (Å²) in [5.74, 6) is -0.207. The van der Waals surface area contributed by atoms with E-state index in [4.69, 9.17) is 11.6 Å². The van der Waals surface area contributed by atoms with E-state index in [-0.39, 0.29) is 24.9 Å². The molecule has 0 spiro atoms. The second kappa shape index (κ2) is 6.11. The van der Waals surface area contributed by atoms with Gasteiger partial charge in [-0.25, -0.2) is 8.42 Å². The minimum atomic E-state index is -3.24. The molecule has 0 saturated heterocycles. The number of hydrogen-bond donors (Lipinski definition) is 1. The van der Waals surface area contributed by atoms with Gasteiger partial charge in [0.05, 0.1) is 6.26 Å². The molecule has 110 valence electrons. The lowest BCUT2D eigenvalue weighted by Gasteiger charge is -2.18. The van der Waals surface area contributed by atoms with Crippen molar-refractivity contribution in [2.75, 3.05) is 18.1 Å². The fraction of sp³-hybridized carbons (Fsp3) is 0.462. The lowest BCUT2D eigenvalue weighted by atomic mass is 10.3. The SMILES string of the molecule is CS(=O)(=O)N(CCC(=O)Nc1ccc(Cl)cc1)C1CC1. The summed E-state index contributed by atoms with van der Waals surface area (Å²) in [6, 6.07) is 6.85. The highest BCUT2D eigenvalue weighted by molar-refractivity contribution is 7.88. The molecule has 20 heavy (non-hydrogen) atoms. The van der Waals surface area contributed by atoms with Gasteiger partial charge in [-0.1, -0.05) is 11.6 Å². The summed E-state index contributed by atoms with van der Waals surface area (Å²) in [7, 11) is -3.24. The van der Waals surface area contributed by atoms with Crippen LogP contribution in [-0.2, 0) is 14.8 Å². The molecule has 1 saturated carbocycles. The van der Waals surface area contributed by atoms with Gasteiger partial charge in [0.25, 0.3) is 0 Å². The van der Waals surface area contributed by atoms with Crippen LogP contribution >= 0.6 is 11.6 Å². The van der Waals surface area contributed by atoms with Crippen molar-refractivity contribution in [1.29, 1.82) is 0 Å². The van der Waals surface area contributed by atoms with Crippen molar-refractivity contribution in [3.8, 4) is 0 Å².